The average Bonchev–Trinajstić information content (AvgIpc) is 3.13. The molecule has 2 aliphatic heterocycles. The highest BCUT2D eigenvalue weighted by Crippen LogP contribution is 2.32. The standard InChI is InChI=1S/C19H24N4O3/c1-19(2,3)26-18(25)23-10-12-8-13(23)9-22(12)11-16-20-15-7-5-4-6-14(15)17(24)21-16/h4-7,12-13H,8-11H2,1-3H3,(H,20,21,24)/t12-,13-/m0/s1. The van der Waals surface area contributed by atoms with E-state index < -0.39 is 5.60 Å². The monoisotopic (exact) mass is 356 g/mol. The van der Waals surface area contributed by atoms with Crippen LogP contribution in [0.2, 0.25) is 0 Å². The number of H-pyrrole nitrogens is 1. The van der Waals surface area contributed by atoms with Crippen LogP contribution in [0.4, 0.5) is 4.79 Å². The van der Waals surface area contributed by atoms with Crippen molar-refractivity contribution in [1.82, 2.24) is 19.8 Å². The third-order valence-electron chi connectivity index (χ3n) is 5.00. The Labute approximate surface area is 152 Å². The van der Waals surface area contributed by atoms with E-state index in [1.54, 1.807) is 6.07 Å². The van der Waals surface area contributed by atoms with Crippen LogP contribution in [0.1, 0.15) is 33.0 Å². The number of aromatic amines is 1. The Bertz CT molecular complexity index is 902. The quantitative estimate of drug-likeness (QED) is 0.892. The van der Waals surface area contributed by atoms with Gasteiger partial charge in [0.05, 0.1) is 17.4 Å². The van der Waals surface area contributed by atoms with Gasteiger partial charge in [-0.1, -0.05) is 12.1 Å². The molecule has 2 aliphatic rings. The number of rotatable bonds is 2. The summed E-state index contributed by atoms with van der Waals surface area (Å²) >= 11 is 0. The van der Waals surface area contributed by atoms with Crippen LogP contribution in [-0.4, -0.2) is 56.6 Å². The van der Waals surface area contributed by atoms with E-state index in [1.165, 1.54) is 0 Å². The first-order chi connectivity index (χ1) is 12.3. The van der Waals surface area contributed by atoms with E-state index in [0.29, 0.717) is 29.8 Å². The number of hydrogen-bond acceptors (Lipinski definition) is 5. The van der Waals surface area contributed by atoms with Crippen LogP contribution in [0.5, 0.6) is 0 Å². The maximum atomic E-state index is 12.3. The second kappa shape index (κ2) is 6.09. The predicted octanol–water partition coefficient (Wildman–Crippen LogP) is 2.12. The van der Waals surface area contributed by atoms with Crippen molar-refractivity contribution < 1.29 is 9.53 Å². The lowest BCUT2D eigenvalue weighted by Crippen LogP contribution is -2.49. The molecule has 4 rings (SSSR count). The van der Waals surface area contributed by atoms with E-state index in [2.05, 4.69) is 14.9 Å². The summed E-state index contributed by atoms with van der Waals surface area (Å²) in [5.41, 5.74) is 0.129. The summed E-state index contributed by atoms with van der Waals surface area (Å²) in [5.74, 6) is 0.671. The van der Waals surface area contributed by atoms with Gasteiger partial charge in [-0.3, -0.25) is 9.69 Å². The number of carbonyl (C=O) groups excluding carboxylic acids is 1. The largest absolute Gasteiger partial charge is 0.444 e. The van der Waals surface area contributed by atoms with Crippen LogP contribution in [0.25, 0.3) is 10.9 Å². The highest BCUT2D eigenvalue weighted by atomic mass is 16.6. The van der Waals surface area contributed by atoms with Crippen molar-refractivity contribution >= 4 is 17.0 Å². The van der Waals surface area contributed by atoms with Gasteiger partial charge in [0.2, 0.25) is 0 Å². The third kappa shape index (κ3) is 3.19. The molecule has 1 aromatic carbocycles. The molecule has 26 heavy (non-hydrogen) atoms. The Morgan fingerprint density at radius 1 is 1.27 bits per heavy atom. The summed E-state index contributed by atoms with van der Waals surface area (Å²) in [6.45, 7) is 7.68. The van der Waals surface area contributed by atoms with Gasteiger partial charge in [-0.25, -0.2) is 9.78 Å². The van der Waals surface area contributed by atoms with Crippen LogP contribution in [0.3, 0.4) is 0 Å². The first-order valence-electron chi connectivity index (χ1n) is 9.02. The first kappa shape index (κ1) is 17.0. The van der Waals surface area contributed by atoms with Crippen LogP contribution < -0.4 is 5.56 Å². The Hall–Kier alpha value is -2.41. The van der Waals surface area contributed by atoms with E-state index in [1.807, 2.05) is 43.9 Å². The van der Waals surface area contributed by atoms with Crippen molar-refractivity contribution in [2.24, 2.45) is 0 Å². The van der Waals surface area contributed by atoms with Crippen molar-refractivity contribution in [3.05, 3.63) is 40.4 Å². The molecule has 7 heteroatoms. The molecular formula is C19H24N4O3. The highest BCUT2D eigenvalue weighted by molar-refractivity contribution is 5.77. The molecule has 3 heterocycles. The number of nitrogens with zero attached hydrogens (tertiary/aromatic N) is 3. The molecule has 2 fully saturated rings. The summed E-state index contributed by atoms with van der Waals surface area (Å²) in [7, 11) is 0. The summed E-state index contributed by atoms with van der Waals surface area (Å²) in [4.78, 5) is 36.2. The van der Waals surface area contributed by atoms with Gasteiger partial charge in [-0.05, 0) is 39.3 Å². The maximum absolute atomic E-state index is 12.3. The highest BCUT2D eigenvalue weighted by Gasteiger charge is 2.46. The zero-order valence-electron chi connectivity index (χ0n) is 15.4. The molecule has 2 aromatic rings. The lowest BCUT2D eigenvalue weighted by Gasteiger charge is -2.34. The van der Waals surface area contributed by atoms with E-state index in [0.717, 1.165) is 13.0 Å². The van der Waals surface area contributed by atoms with E-state index >= 15 is 0 Å². The minimum Gasteiger partial charge on any atom is -0.444 e. The normalized spacial score (nSPS) is 23.0. The summed E-state index contributed by atoms with van der Waals surface area (Å²) < 4.78 is 5.50. The second-order valence-electron chi connectivity index (χ2n) is 8.14. The molecule has 1 amide bonds. The second-order valence-corrected chi connectivity index (χ2v) is 8.14. The van der Waals surface area contributed by atoms with E-state index in [9.17, 15) is 9.59 Å². The predicted molar refractivity (Wildman–Crippen MR) is 97.9 cm³/mol. The van der Waals surface area contributed by atoms with Crippen molar-refractivity contribution in [2.75, 3.05) is 13.1 Å². The minimum absolute atomic E-state index is 0.106. The number of nitrogens with one attached hydrogen (secondary N) is 1. The number of ether oxygens (including phenoxy) is 1. The number of para-hydroxylation sites is 1. The molecule has 7 nitrogen and oxygen atoms in total. The van der Waals surface area contributed by atoms with Crippen LogP contribution >= 0.6 is 0 Å². The number of hydrogen-bond donors (Lipinski definition) is 1. The molecule has 2 bridgehead atoms. The van der Waals surface area contributed by atoms with E-state index in [4.69, 9.17) is 4.74 Å². The van der Waals surface area contributed by atoms with Gasteiger partial charge in [0.15, 0.2) is 0 Å². The van der Waals surface area contributed by atoms with Crippen molar-refractivity contribution in [2.45, 2.75) is 51.4 Å². The van der Waals surface area contributed by atoms with Gasteiger partial charge >= 0.3 is 6.09 Å². The minimum atomic E-state index is -0.479. The molecule has 2 atom stereocenters. The number of amides is 1. The van der Waals surface area contributed by atoms with Gasteiger partial charge in [-0.2, -0.15) is 0 Å². The molecule has 0 saturated carbocycles. The summed E-state index contributed by atoms with van der Waals surface area (Å²) in [6, 6.07) is 7.81. The fourth-order valence-electron chi connectivity index (χ4n) is 3.89. The molecule has 0 radical (unpaired) electrons. The average molecular weight is 356 g/mol. The van der Waals surface area contributed by atoms with Gasteiger partial charge < -0.3 is 14.6 Å². The molecule has 0 spiro atoms. The van der Waals surface area contributed by atoms with Crippen molar-refractivity contribution in [1.29, 1.82) is 0 Å². The number of fused-ring (bicyclic) bond motifs is 3. The zero-order chi connectivity index (χ0) is 18.5. The van der Waals surface area contributed by atoms with Crippen LogP contribution in [-0.2, 0) is 11.3 Å². The van der Waals surface area contributed by atoms with Crippen LogP contribution in [0.15, 0.2) is 29.1 Å². The summed E-state index contributed by atoms with van der Waals surface area (Å²) in [6.07, 6.45) is 0.707. The molecule has 138 valence electrons. The number of piperazine rings is 1. The molecule has 0 aliphatic carbocycles. The van der Waals surface area contributed by atoms with E-state index in [-0.39, 0.29) is 23.7 Å². The number of likely N-dealkylation sites (tertiary alicyclic amines) is 2. The third-order valence-corrected chi connectivity index (χ3v) is 5.00. The smallest absolute Gasteiger partial charge is 0.410 e. The lowest BCUT2D eigenvalue weighted by atomic mass is 10.2. The first-order valence-corrected chi connectivity index (χ1v) is 9.02. The Kier molecular flexibility index (Phi) is 3.99. The summed E-state index contributed by atoms with van der Waals surface area (Å²) in [5, 5.41) is 0.607. The zero-order valence-corrected chi connectivity index (χ0v) is 15.4. The molecule has 1 aromatic heterocycles. The number of carbonyl (C=O) groups is 1. The fourth-order valence-corrected chi connectivity index (χ4v) is 3.89. The number of aromatic nitrogens is 2. The Morgan fingerprint density at radius 3 is 2.73 bits per heavy atom. The molecular weight excluding hydrogens is 332 g/mol. The van der Waals surface area contributed by atoms with Crippen LogP contribution in [0, 0.1) is 0 Å². The maximum Gasteiger partial charge on any atom is 0.410 e. The molecule has 2 saturated heterocycles. The van der Waals surface area contributed by atoms with Gasteiger partial charge in [0.25, 0.3) is 5.56 Å². The topological polar surface area (TPSA) is 78.5 Å². The Morgan fingerprint density at radius 2 is 2.04 bits per heavy atom. The van der Waals surface area contributed by atoms with Gasteiger partial charge in [0, 0.05) is 25.2 Å². The molecule has 0 unspecified atom stereocenters. The fraction of sp³-hybridized carbons (Fsp3) is 0.526. The Balaban J connectivity index is 1.45. The van der Waals surface area contributed by atoms with Gasteiger partial charge in [0.1, 0.15) is 11.4 Å². The molecule has 1 N–H and O–H groups in total. The number of benzene rings is 1. The lowest BCUT2D eigenvalue weighted by molar-refractivity contribution is 0.0122. The van der Waals surface area contributed by atoms with Crippen molar-refractivity contribution in [3.63, 3.8) is 0 Å². The van der Waals surface area contributed by atoms with Gasteiger partial charge in [-0.15, -0.1) is 0 Å². The van der Waals surface area contributed by atoms with Crippen molar-refractivity contribution in [3.8, 4) is 0 Å². The SMILES string of the molecule is CC(C)(C)OC(=O)N1C[C@@H]2C[C@H]1CN2Cc1nc2ccccc2c(=O)[nH]1.